The van der Waals surface area contributed by atoms with Gasteiger partial charge in [-0.05, 0) is 61.5 Å². The Morgan fingerprint density at radius 3 is 2.47 bits per heavy atom. The molecule has 19 heavy (non-hydrogen) atoms. The molecule has 1 unspecified atom stereocenters. The summed E-state index contributed by atoms with van der Waals surface area (Å²) in [6.45, 7) is 12.0. The summed E-state index contributed by atoms with van der Waals surface area (Å²) in [6.07, 6.45) is 3.47. The number of hydrogen-bond acceptors (Lipinski definition) is 2. The molecule has 0 aliphatic rings. The topological polar surface area (TPSA) is 29.9 Å². The van der Waals surface area contributed by atoms with Crippen molar-refractivity contribution in [2.24, 2.45) is 5.41 Å². The van der Waals surface area contributed by atoms with Crippen LogP contribution >= 0.6 is 15.9 Å². The van der Waals surface area contributed by atoms with Crippen molar-refractivity contribution < 1.29 is 0 Å². The van der Waals surface area contributed by atoms with Gasteiger partial charge >= 0.3 is 0 Å². The zero-order valence-electron chi connectivity index (χ0n) is 13.2. The standard InChI is InChI=1S/C15H28BrN3/c1-7-19-12(14(16)11(2)18-19)9-8-10-13(17-6)15(3,4)5/h13,17H,7-10H2,1-6H3. The van der Waals surface area contributed by atoms with Gasteiger partial charge in [-0.1, -0.05) is 20.8 Å². The molecular weight excluding hydrogens is 302 g/mol. The van der Waals surface area contributed by atoms with Gasteiger partial charge in [0.15, 0.2) is 0 Å². The van der Waals surface area contributed by atoms with Crippen LogP contribution < -0.4 is 5.32 Å². The van der Waals surface area contributed by atoms with E-state index in [0.717, 1.165) is 18.7 Å². The molecule has 0 aliphatic carbocycles. The molecule has 110 valence electrons. The highest BCUT2D eigenvalue weighted by atomic mass is 79.9. The quantitative estimate of drug-likeness (QED) is 0.856. The second kappa shape index (κ2) is 6.89. The predicted molar refractivity (Wildman–Crippen MR) is 85.6 cm³/mol. The van der Waals surface area contributed by atoms with Gasteiger partial charge in [-0.2, -0.15) is 5.10 Å². The summed E-state index contributed by atoms with van der Waals surface area (Å²) in [6, 6.07) is 0.561. The fourth-order valence-corrected chi connectivity index (χ4v) is 3.07. The van der Waals surface area contributed by atoms with Gasteiger partial charge in [-0.3, -0.25) is 4.68 Å². The third kappa shape index (κ3) is 4.32. The Hall–Kier alpha value is -0.350. The van der Waals surface area contributed by atoms with Crippen LogP contribution in [0.2, 0.25) is 0 Å². The Labute approximate surface area is 126 Å². The van der Waals surface area contributed by atoms with E-state index in [-0.39, 0.29) is 0 Å². The number of nitrogens with zero attached hydrogens (tertiary/aromatic N) is 2. The molecule has 0 amide bonds. The van der Waals surface area contributed by atoms with Gasteiger partial charge in [0.2, 0.25) is 0 Å². The summed E-state index contributed by atoms with van der Waals surface area (Å²) in [5.41, 5.74) is 2.74. The number of nitrogens with one attached hydrogen (secondary N) is 1. The number of rotatable bonds is 6. The largest absolute Gasteiger partial charge is 0.316 e. The molecule has 1 atom stereocenters. The van der Waals surface area contributed by atoms with Crippen LogP contribution in [0.1, 0.15) is 51.9 Å². The minimum atomic E-state index is 0.312. The fraction of sp³-hybridized carbons (Fsp3) is 0.800. The number of halogens is 1. The first-order valence-electron chi connectivity index (χ1n) is 7.20. The van der Waals surface area contributed by atoms with Crippen LogP contribution in [0.3, 0.4) is 0 Å². The Bertz CT molecular complexity index is 404. The first-order chi connectivity index (χ1) is 8.81. The van der Waals surface area contributed by atoms with Crippen molar-refractivity contribution in [1.29, 1.82) is 0 Å². The summed E-state index contributed by atoms with van der Waals surface area (Å²) < 4.78 is 3.30. The van der Waals surface area contributed by atoms with Gasteiger partial charge in [-0.25, -0.2) is 0 Å². The number of hydrogen-bond donors (Lipinski definition) is 1. The lowest BCUT2D eigenvalue weighted by molar-refractivity contribution is 0.263. The first kappa shape index (κ1) is 16.7. The molecule has 1 aromatic heterocycles. The molecule has 0 bridgehead atoms. The van der Waals surface area contributed by atoms with E-state index >= 15 is 0 Å². The average Bonchev–Trinajstić information content (AvgIpc) is 2.60. The van der Waals surface area contributed by atoms with Crippen molar-refractivity contribution in [2.45, 2.75) is 66.5 Å². The first-order valence-corrected chi connectivity index (χ1v) is 7.99. The number of aryl methyl sites for hydroxylation is 2. The van der Waals surface area contributed by atoms with Crippen molar-refractivity contribution in [2.75, 3.05) is 7.05 Å². The van der Waals surface area contributed by atoms with Gasteiger partial charge in [-0.15, -0.1) is 0 Å². The maximum absolute atomic E-state index is 4.55. The zero-order chi connectivity index (χ0) is 14.6. The predicted octanol–water partition coefficient (Wildman–Crippen LogP) is 3.93. The highest BCUT2D eigenvalue weighted by molar-refractivity contribution is 9.10. The molecule has 1 rings (SSSR count). The van der Waals surface area contributed by atoms with Crippen LogP contribution in [0.25, 0.3) is 0 Å². The molecule has 0 saturated carbocycles. The summed E-state index contributed by atoms with van der Waals surface area (Å²) in [5.74, 6) is 0. The van der Waals surface area contributed by atoms with Gasteiger partial charge in [0.25, 0.3) is 0 Å². The van der Waals surface area contributed by atoms with Crippen LogP contribution in [0.15, 0.2) is 4.47 Å². The maximum Gasteiger partial charge on any atom is 0.0738 e. The summed E-state index contributed by atoms with van der Waals surface area (Å²) in [7, 11) is 2.06. The molecular formula is C15H28BrN3. The van der Waals surface area contributed by atoms with Crippen molar-refractivity contribution in [1.82, 2.24) is 15.1 Å². The summed E-state index contributed by atoms with van der Waals surface area (Å²) in [4.78, 5) is 0. The van der Waals surface area contributed by atoms with Crippen molar-refractivity contribution >= 4 is 15.9 Å². The molecule has 0 saturated heterocycles. The third-order valence-electron chi connectivity index (χ3n) is 3.75. The lowest BCUT2D eigenvalue weighted by Crippen LogP contribution is -2.37. The summed E-state index contributed by atoms with van der Waals surface area (Å²) in [5, 5.41) is 7.99. The van der Waals surface area contributed by atoms with E-state index in [0.29, 0.717) is 11.5 Å². The lowest BCUT2D eigenvalue weighted by atomic mass is 9.84. The minimum Gasteiger partial charge on any atom is -0.316 e. The van der Waals surface area contributed by atoms with Crippen LogP contribution in [-0.2, 0) is 13.0 Å². The van der Waals surface area contributed by atoms with E-state index in [1.165, 1.54) is 23.0 Å². The molecule has 0 aromatic carbocycles. The Kier molecular flexibility index (Phi) is 6.06. The minimum absolute atomic E-state index is 0.312. The van der Waals surface area contributed by atoms with Crippen LogP contribution in [-0.4, -0.2) is 22.9 Å². The SMILES string of the molecule is CCn1nc(C)c(Br)c1CCCC(NC)C(C)(C)C. The molecule has 0 spiro atoms. The Balaban J connectivity index is 2.63. The van der Waals surface area contributed by atoms with Crippen molar-refractivity contribution in [3.63, 3.8) is 0 Å². The normalized spacial score (nSPS) is 13.8. The molecule has 3 nitrogen and oxygen atoms in total. The van der Waals surface area contributed by atoms with E-state index < -0.39 is 0 Å². The fourth-order valence-electron chi connectivity index (χ4n) is 2.59. The molecule has 0 aliphatic heterocycles. The molecule has 1 aromatic rings. The van der Waals surface area contributed by atoms with Gasteiger partial charge in [0, 0.05) is 12.6 Å². The molecule has 1 heterocycles. The van der Waals surface area contributed by atoms with Gasteiger partial charge in [0.1, 0.15) is 0 Å². The lowest BCUT2D eigenvalue weighted by Gasteiger charge is -2.30. The van der Waals surface area contributed by atoms with Gasteiger partial charge in [0.05, 0.1) is 15.9 Å². The zero-order valence-corrected chi connectivity index (χ0v) is 14.8. The second-order valence-corrected chi connectivity index (χ2v) is 7.05. The van der Waals surface area contributed by atoms with Crippen LogP contribution in [0.5, 0.6) is 0 Å². The third-order valence-corrected chi connectivity index (χ3v) is 4.78. The van der Waals surface area contributed by atoms with E-state index in [1.54, 1.807) is 0 Å². The molecule has 0 radical (unpaired) electrons. The van der Waals surface area contributed by atoms with E-state index in [2.05, 4.69) is 72.7 Å². The van der Waals surface area contributed by atoms with E-state index in [1.807, 2.05) is 0 Å². The van der Waals surface area contributed by atoms with E-state index in [4.69, 9.17) is 0 Å². The van der Waals surface area contributed by atoms with Crippen molar-refractivity contribution in [3.8, 4) is 0 Å². The van der Waals surface area contributed by atoms with Crippen LogP contribution in [0, 0.1) is 12.3 Å². The molecule has 1 N–H and O–H groups in total. The Morgan fingerprint density at radius 1 is 1.37 bits per heavy atom. The second-order valence-electron chi connectivity index (χ2n) is 6.26. The molecule has 0 fully saturated rings. The van der Waals surface area contributed by atoms with Gasteiger partial charge < -0.3 is 5.32 Å². The number of aromatic nitrogens is 2. The smallest absolute Gasteiger partial charge is 0.0738 e. The van der Waals surface area contributed by atoms with Crippen LogP contribution in [0.4, 0.5) is 0 Å². The Morgan fingerprint density at radius 2 is 2.00 bits per heavy atom. The van der Waals surface area contributed by atoms with E-state index in [9.17, 15) is 0 Å². The highest BCUT2D eigenvalue weighted by Gasteiger charge is 2.22. The van der Waals surface area contributed by atoms with Crippen molar-refractivity contribution in [3.05, 3.63) is 15.9 Å². The maximum atomic E-state index is 4.55. The molecule has 4 heteroatoms. The highest BCUT2D eigenvalue weighted by Crippen LogP contribution is 2.26. The monoisotopic (exact) mass is 329 g/mol. The average molecular weight is 330 g/mol. The summed E-state index contributed by atoms with van der Waals surface area (Å²) >= 11 is 3.67.